The number of hydrogen-bond donors (Lipinski definition) is 1. The van der Waals surface area contributed by atoms with E-state index in [1.54, 1.807) is 17.8 Å². The SMILES string of the molecule is Cc1c(OCc2ccccc2)c(=O)ccn1CCSc1cc(C(C)(C)C)c(O)c(C(C)(C)C)c1. The summed E-state index contributed by atoms with van der Waals surface area (Å²) in [5.41, 5.74) is 3.41. The Morgan fingerprint density at radius 1 is 0.941 bits per heavy atom. The minimum Gasteiger partial charge on any atom is -0.507 e. The number of aromatic nitrogens is 1. The van der Waals surface area contributed by atoms with Gasteiger partial charge in [-0.15, -0.1) is 11.8 Å². The Bertz CT molecular complexity index is 1150. The van der Waals surface area contributed by atoms with Crippen molar-refractivity contribution in [2.75, 3.05) is 5.75 Å². The van der Waals surface area contributed by atoms with Crippen LogP contribution in [0.4, 0.5) is 0 Å². The largest absolute Gasteiger partial charge is 0.507 e. The van der Waals surface area contributed by atoms with Crippen LogP contribution in [-0.4, -0.2) is 15.4 Å². The fourth-order valence-electron chi connectivity index (χ4n) is 3.90. The molecule has 0 atom stereocenters. The Morgan fingerprint density at radius 2 is 1.53 bits per heavy atom. The van der Waals surface area contributed by atoms with Gasteiger partial charge in [-0.25, -0.2) is 0 Å². The summed E-state index contributed by atoms with van der Waals surface area (Å²) in [5.74, 6) is 1.64. The maximum absolute atomic E-state index is 12.4. The van der Waals surface area contributed by atoms with Crippen molar-refractivity contribution < 1.29 is 9.84 Å². The molecular formula is C29H37NO3S. The van der Waals surface area contributed by atoms with Gasteiger partial charge in [0.15, 0.2) is 5.75 Å². The predicted molar refractivity (Wildman–Crippen MR) is 142 cm³/mol. The summed E-state index contributed by atoms with van der Waals surface area (Å²) in [6.07, 6.45) is 1.84. The minimum atomic E-state index is -0.152. The summed E-state index contributed by atoms with van der Waals surface area (Å²) >= 11 is 1.76. The molecule has 3 rings (SSSR count). The van der Waals surface area contributed by atoms with Gasteiger partial charge >= 0.3 is 0 Å². The normalized spacial score (nSPS) is 12.1. The third kappa shape index (κ3) is 6.26. The second-order valence-electron chi connectivity index (χ2n) is 10.8. The summed E-state index contributed by atoms with van der Waals surface area (Å²) in [4.78, 5) is 13.6. The third-order valence-corrected chi connectivity index (χ3v) is 6.87. The maximum atomic E-state index is 12.4. The van der Waals surface area contributed by atoms with Gasteiger partial charge in [0.1, 0.15) is 12.4 Å². The van der Waals surface area contributed by atoms with Crippen LogP contribution in [0.5, 0.6) is 11.5 Å². The Balaban J connectivity index is 1.77. The van der Waals surface area contributed by atoms with E-state index in [2.05, 4.69) is 58.2 Å². The van der Waals surface area contributed by atoms with Gasteiger partial charge in [-0.2, -0.15) is 0 Å². The van der Waals surface area contributed by atoms with Crippen LogP contribution in [0.2, 0.25) is 0 Å². The topological polar surface area (TPSA) is 51.5 Å². The van der Waals surface area contributed by atoms with E-state index < -0.39 is 0 Å². The van der Waals surface area contributed by atoms with Crippen LogP contribution in [0, 0.1) is 6.92 Å². The van der Waals surface area contributed by atoms with Crippen molar-refractivity contribution in [2.24, 2.45) is 0 Å². The molecule has 0 unspecified atom stereocenters. The standard InChI is InChI=1S/C29H37NO3S/c1-20-27(33-19-21-11-9-8-10-12-21)25(31)13-14-30(20)15-16-34-22-17-23(28(2,3)4)26(32)24(18-22)29(5,6)7/h8-14,17-18,32H,15-16,19H2,1-7H3. The molecule has 182 valence electrons. The molecule has 0 bridgehead atoms. The smallest absolute Gasteiger partial charge is 0.223 e. The zero-order valence-electron chi connectivity index (χ0n) is 21.4. The van der Waals surface area contributed by atoms with E-state index in [0.717, 1.165) is 39.6 Å². The number of benzene rings is 2. The number of ether oxygens (including phenoxy) is 1. The minimum absolute atomic E-state index is 0.0968. The zero-order chi connectivity index (χ0) is 25.1. The molecular weight excluding hydrogens is 442 g/mol. The van der Waals surface area contributed by atoms with Crippen LogP contribution < -0.4 is 10.2 Å². The monoisotopic (exact) mass is 479 g/mol. The summed E-state index contributed by atoms with van der Waals surface area (Å²) in [5, 5.41) is 11.0. The van der Waals surface area contributed by atoms with Crippen molar-refractivity contribution in [3.8, 4) is 11.5 Å². The number of nitrogens with zero attached hydrogens (tertiary/aromatic N) is 1. The molecule has 0 aliphatic carbocycles. The van der Waals surface area contributed by atoms with E-state index in [9.17, 15) is 9.90 Å². The number of aryl methyl sites for hydroxylation is 1. The average molecular weight is 480 g/mol. The molecule has 1 N–H and O–H groups in total. The maximum Gasteiger partial charge on any atom is 0.223 e. The predicted octanol–water partition coefficient (Wildman–Crippen LogP) is 6.83. The molecule has 3 aromatic rings. The highest BCUT2D eigenvalue weighted by molar-refractivity contribution is 7.99. The Morgan fingerprint density at radius 3 is 2.09 bits per heavy atom. The molecule has 1 heterocycles. The quantitative estimate of drug-likeness (QED) is 0.377. The Labute approximate surface area is 208 Å². The molecule has 0 saturated carbocycles. The summed E-state index contributed by atoms with van der Waals surface area (Å²) in [7, 11) is 0. The van der Waals surface area contributed by atoms with Crippen LogP contribution >= 0.6 is 11.8 Å². The number of phenolic OH excluding ortho intramolecular Hbond substituents is 1. The van der Waals surface area contributed by atoms with Gasteiger partial charge < -0.3 is 14.4 Å². The lowest BCUT2D eigenvalue weighted by Crippen LogP contribution is -2.17. The first-order chi connectivity index (χ1) is 15.9. The van der Waals surface area contributed by atoms with Crippen molar-refractivity contribution in [1.29, 1.82) is 0 Å². The van der Waals surface area contributed by atoms with Crippen molar-refractivity contribution in [3.05, 3.63) is 87.3 Å². The number of aromatic hydroxyl groups is 1. The van der Waals surface area contributed by atoms with Gasteiger partial charge in [-0.3, -0.25) is 4.79 Å². The van der Waals surface area contributed by atoms with Gasteiger partial charge in [-0.05, 0) is 35.4 Å². The van der Waals surface area contributed by atoms with Crippen molar-refractivity contribution in [3.63, 3.8) is 0 Å². The number of phenols is 1. The summed E-state index contributed by atoms with van der Waals surface area (Å²) in [6, 6.07) is 15.7. The highest BCUT2D eigenvalue weighted by Gasteiger charge is 2.26. The molecule has 0 aliphatic heterocycles. The van der Waals surface area contributed by atoms with Gasteiger partial charge in [0.2, 0.25) is 5.43 Å². The first-order valence-electron chi connectivity index (χ1n) is 11.8. The number of rotatable bonds is 7. The van der Waals surface area contributed by atoms with E-state index in [0.29, 0.717) is 18.1 Å². The van der Waals surface area contributed by atoms with Gasteiger partial charge in [0.25, 0.3) is 0 Å². The zero-order valence-corrected chi connectivity index (χ0v) is 22.3. The Hall–Kier alpha value is -2.66. The van der Waals surface area contributed by atoms with E-state index in [1.165, 1.54) is 0 Å². The number of thioether (sulfide) groups is 1. The van der Waals surface area contributed by atoms with Crippen LogP contribution in [0.3, 0.4) is 0 Å². The fourth-order valence-corrected chi connectivity index (χ4v) is 4.82. The van der Waals surface area contributed by atoms with E-state index in [4.69, 9.17) is 4.74 Å². The van der Waals surface area contributed by atoms with Gasteiger partial charge in [0.05, 0.1) is 5.69 Å². The summed E-state index contributed by atoms with van der Waals surface area (Å²) in [6.45, 7) is 15.8. The number of hydrogen-bond acceptors (Lipinski definition) is 4. The highest BCUT2D eigenvalue weighted by atomic mass is 32.2. The van der Waals surface area contributed by atoms with Crippen LogP contribution in [0.15, 0.2) is 64.4 Å². The lowest BCUT2D eigenvalue weighted by Gasteiger charge is -2.28. The Kier molecular flexibility index (Phi) is 7.87. The molecule has 0 aliphatic rings. The van der Waals surface area contributed by atoms with Gasteiger partial charge in [0, 0.05) is 40.6 Å². The molecule has 34 heavy (non-hydrogen) atoms. The second kappa shape index (κ2) is 10.3. The van der Waals surface area contributed by atoms with Crippen LogP contribution in [0.25, 0.3) is 0 Å². The van der Waals surface area contributed by atoms with Crippen molar-refractivity contribution in [2.45, 2.75) is 77.3 Å². The second-order valence-corrected chi connectivity index (χ2v) is 11.9. The lowest BCUT2D eigenvalue weighted by molar-refractivity contribution is 0.297. The number of pyridine rings is 1. The van der Waals surface area contributed by atoms with E-state index >= 15 is 0 Å². The lowest BCUT2D eigenvalue weighted by atomic mass is 9.79. The first-order valence-corrected chi connectivity index (χ1v) is 12.7. The molecule has 0 fully saturated rings. The molecule has 0 radical (unpaired) electrons. The summed E-state index contributed by atoms with van der Waals surface area (Å²) < 4.78 is 7.98. The molecule has 1 aromatic heterocycles. The average Bonchev–Trinajstić information content (AvgIpc) is 2.75. The molecule has 0 amide bonds. The molecule has 5 heteroatoms. The van der Waals surface area contributed by atoms with Gasteiger partial charge in [-0.1, -0.05) is 71.9 Å². The van der Waals surface area contributed by atoms with Crippen LogP contribution in [-0.2, 0) is 24.0 Å². The molecule has 0 spiro atoms. The molecule has 4 nitrogen and oxygen atoms in total. The molecule has 2 aromatic carbocycles. The molecule has 0 saturated heterocycles. The van der Waals surface area contributed by atoms with E-state index in [1.807, 2.05) is 43.5 Å². The first kappa shape index (κ1) is 26.0. The van der Waals surface area contributed by atoms with Crippen molar-refractivity contribution in [1.82, 2.24) is 4.57 Å². The van der Waals surface area contributed by atoms with Crippen molar-refractivity contribution >= 4 is 11.8 Å². The highest BCUT2D eigenvalue weighted by Crippen LogP contribution is 2.41. The van der Waals surface area contributed by atoms with E-state index in [-0.39, 0.29) is 16.3 Å². The fraction of sp³-hybridized carbons (Fsp3) is 0.414. The van der Waals surface area contributed by atoms with Crippen LogP contribution in [0.1, 0.15) is 63.9 Å². The third-order valence-electron chi connectivity index (χ3n) is 5.92.